The number of carbonyl (C=O) groups is 3. The maximum atomic E-state index is 11.9. The zero-order valence-electron chi connectivity index (χ0n) is 14.3. The quantitative estimate of drug-likeness (QED) is 0.287. The molecule has 6 heteroatoms. The van der Waals surface area contributed by atoms with E-state index in [0.717, 1.165) is 38.9 Å². The van der Waals surface area contributed by atoms with Gasteiger partial charge in [0.25, 0.3) is 0 Å². The molecule has 2 aromatic carbocycles. The molecule has 4 nitrogen and oxygen atoms in total. The monoisotopic (exact) mass is 396 g/mol. The van der Waals surface area contributed by atoms with Crippen LogP contribution >= 0.6 is 23.5 Å². The third-order valence-electron chi connectivity index (χ3n) is 3.10. The van der Waals surface area contributed by atoms with E-state index in [4.69, 9.17) is 4.74 Å². The summed E-state index contributed by atoms with van der Waals surface area (Å²) in [6.45, 7) is 6.84. The Kier molecular flexibility index (Phi) is 7.85. The highest BCUT2D eigenvalue weighted by Gasteiger charge is 2.04. The lowest BCUT2D eigenvalue weighted by atomic mass is 10.2. The molecule has 0 aliphatic carbocycles. The van der Waals surface area contributed by atoms with E-state index in [2.05, 4.69) is 13.2 Å². The minimum Gasteiger partial charge on any atom is -0.423 e. The molecule has 2 aromatic rings. The topological polar surface area (TPSA) is 60.4 Å². The summed E-state index contributed by atoms with van der Waals surface area (Å²) in [7, 11) is 0. The maximum absolute atomic E-state index is 11.9. The van der Waals surface area contributed by atoms with Gasteiger partial charge < -0.3 is 4.74 Å². The Morgan fingerprint density at radius 3 is 1.74 bits per heavy atom. The van der Waals surface area contributed by atoms with Crippen LogP contribution in [0, 0.1) is 0 Å². The van der Waals surface area contributed by atoms with Crippen molar-refractivity contribution in [2.45, 2.75) is 9.79 Å². The molecule has 0 saturated carbocycles. The Morgan fingerprint density at radius 1 is 0.778 bits per heavy atom. The Hall–Kier alpha value is -2.83. The molecule has 0 saturated heterocycles. The summed E-state index contributed by atoms with van der Waals surface area (Å²) < 4.78 is 5.21. The smallest absolute Gasteiger partial charge is 0.336 e. The van der Waals surface area contributed by atoms with Crippen LogP contribution in [0.4, 0.5) is 0 Å². The molecule has 2 rings (SSSR count). The normalized spacial score (nSPS) is 10.4. The van der Waals surface area contributed by atoms with Gasteiger partial charge in [0.1, 0.15) is 5.75 Å². The third kappa shape index (κ3) is 7.13. The summed E-state index contributed by atoms with van der Waals surface area (Å²) in [4.78, 5) is 36.0. The van der Waals surface area contributed by atoms with E-state index in [1.54, 1.807) is 54.6 Å². The Balaban J connectivity index is 1.91. The van der Waals surface area contributed by atoms with Crippen molar-refractivity contribution in [1.29, 1.82) is 0 Å². The van der Waals surface area contributed by atoms with Crippen molar-refractivity contribution in [3.05, 3.63) is 85.5 Å². The second-order valence-electron chi connectivity index (χ2n) is 5.05. The number of hydrogen-bond acceptors (Lipinski definition) is 6. The molecule has 136 valence electrons. The van der Waals surface area contributed by atoms with Crippen LogP contribution in [0.5, 0.6) is 5.75 Å². The van der Waals surface area contributed by atoms with Crippen molar-refractivity contribution in [3.8, 4) is 5.75 Å². The van der Waals surface area contributed by atoms with Crippen LogP contribution in [0.15, 0.2) is 89.7 Å². The van der Waals surface area contributed by atoms with Crippen LogP contribution in [0.1, 0.15) is 5.56 Å². The van der Waals surface area contributed by atoms with Gasteiger partial charge in [0.05, 0.1) is 0 Å². The van der Waals surface area contributed by atoms with Gasteiger partial charge in [-0.25, -0.2) is 4.79 Å². The summed E-state index contributed by atoms with van der Waals surface area (Å²) >= 11 is 2.13. The van der Waals surface area contributed by atoms with Crippen LogP contribution in [0.2, 0.25) is 0 Å². The van der Waals surface area contributed by atoms with Crippen LogP contribution in [0.3, 0.4) is 0 Å². The molecular formula is C21H16O4S2. The lowest BCUT2D eigenvalue weighted by molar-refractivity contribution is -0.128. The minimum absolute atomic E-state index is 0.125. The van der Waals surface area contributed by atoms with Crippen LogP contribution in [-0.4, -0.2) is 16.2 Å². The molecule has 0 bridgehead atoms. The van der Waals surface area contributed by atoms with Crippen molar-refractivity contribution in [3.63, 3.8) is 0 Å². The molecule has 0 heterocycles. The Morgan fingerprint density at radius 2 is 1.26 bits per heavy atom. The van der Waals surface area contributed by atoms with Gasteiger partial charge in [-0.15, -0.1) is 0 Å². The summed E-state index contributed by atoms with van der Waals surface area (Å²) in [6.07, 6.45) is 5.45. The fourth-order valence-corrected chi connectivity index (χ4v) is 3.03. The van der Waals surface area contributed by atoms with Crippen molar-refractivity contribution in [1.82, 2.24) is 0 Å². The molecule has 0 radical (unpaired) electrons. The number of esters is 1. The third-order valence-corrected chi connectivity index (χ3v) is 4.86. The molecule has 27 heavy (non-hydrogen) atoms. The molecule has 0 aliphatic rings. The average Bonchev–Trinajstić information content (AvgIpc) is 2.68. The molecule has 0 fully saturated rings. The van der Waals surface area contributed by atoms with Gasteiger partial charge in [-0.05, 0) is 83.7 Å². The predicted molar refractivity (Wildman–Crippen MR) is 110 cm³/mol. The highest BCUT2D eigenvalue weighted by atomic mass is 32.2. The highest BCUT2D eigenvalue weighted by molar-refractivity contribution is 8.14. The number of rotatable bonds is 7. The molecular weight excluding hydrogens is 380 g/mol. The SMILES string of the molecule is C=CC(=O)Sc1ccc(/C=C/C(=O)Oc2ccc(SC(=O)C=C)cc2)cc1. The molecule has 0 unspecified atom stereocenters. The largest absolute Gasteiger partial charge is 0.423 e. The van der Waals surface area contributed by atoms with E-state index in [0.29, 0.717) is 5.75 Å². The van der Waals surface area contributed by atoms with Gasteiger partial charge in [-0.3, -0.25) is 9.59 Å². The Bertz CT molecular complexity index is 881. The van der Waals surface area contributed by atoms with Crippen molar-refractivity contribution >= 4 is 45.8 Å². The number of ether oxygens (including phenoxy) is 1. The second kappa shape index (κ2) is 10.4. The summed E-state index contributed by atoms with van der Waals surface area (Å²) in [5.41, 5.74) is 0.803. The second-order valence-corrected chi connectivity index (χ2v) is 7.20. The van der Waals surface area contributed by atoms with E-state index in [-0.39, 0.29) is 10.2 Å². The van der Waals surface area contributed by atoms with E-state index >= 15 is 0 Å². The fourth-order valence-electron chi connectivity index (χ4n) is 1.85. The maximum Gasteiger partial charge on any atom is 0.336 e. The molecule has 0 amide bonds. The number of carbonyl (C=O) groups excluding carboxylic acids is 3. The zero-order valence-corrected chi connectivity index (χ0v) is 15.9. The van der Waals surface area contributed by atoms with Crippen molar-refractivity contribution in [2.24, 2.45) is 0 Å². The zero-order chi connectivity index (χ0) is 19.6. The fraction of sp³-hybridized carbons (Fsp3) is 0. The summed E-state index contributed by atoms with van der Waals surface area (Å²) in [5.74, 6) is -0.132. The van der Waals surface area contributed by atoms with E-state index in [1.807, 2.05) is 0 Å². The highest BCUT2D eigenvalue weighted by Crippen LogP contribution is 2.23. The molecule has 0 spiro atoms. The standard InChI is InChI=1S/C21H16O4S2/c1-3-20(23)26-17-10-5-15(6-11-17)7-14-19(22)25-16-8-12-18(13-9-16)27-21(24)4-2/h3-14H,1-2H2/b14-7+. The first-order valence-corrected chi connectivity index (χ1v) is 9.42. The first-order chi connectivity index (χ1) is 13.0. The Labute approximate surface area is 166 Å². The van der Waals surface area contributed by atoms with E-state index < -0.39 is 5.97 Å². The van der Waals surface area contributed by atoms with Gasteiger partial charge in [0.2, 0.25) is 10.2 Å². The number of hydrogen-bond donors (Lipinski definition) is 0. The van der Waals surface area contributed by atoms with Crippen LogP contribution in [0.25, 0.3) is 6.08 Å². The first-order valence-electron chi connectivity index (χ1n) is 7.78. The first kappa shape index (κ1) is 20.5. The van der Waals surface area contributed by atoms with Crippen molar-refractivity contribution < 1.29 is 19.1 Å². The number of benzene rings is 2. The van der Waals surface area contributed by atoms with E-state index in [9.17, 15) is 14.4 Å². The predicted octanol–water partition coefficient (Wildman–Crippen LogP) is 4.91. The van der Waals surface area contributed by atoms with Crippen LogP contribution in [-0.2, 0) is 14.4 Å². The van der Waals surface area contributed by atoms with Gasteiger partial charge in [-0.1, -0.05) is 25.3 Å². The molecule has 0 aromatic heterocycles. The molecule has 0 N–H and O–H groups in total. The van der Waals surface area contributed by atoms with E-state index in [1.165, 1.54) is 18.2 Å². The average molecular weight is 396 g/mol. The summed E-state index contributed by atoms with van der Waals surface area (Å²) in [5, 5.41) is -0.277. The van der Waals surface area contributed by atoms with Crippen LogP contribution < -0.4 is 4.74 Å². The van der Waals surface area contributed by atoms with Gasteiger partial charge >= 0.3 is 5.97 Å². The molecule has 0 atom stereocenters. The van der Waals surface area contributed by atoms with Gasteiger partial charge in [0, 0.05) is 15.9 Å². The summed E-state index contributed by atoms with van der Waals surface area (Å²) in [6, 6.07) is 13.8. The lowest BCUT2D eigenvalue weighted by Gasteiger charge is -2.03. The van der Waals surface area contributed by atoms with Gasteiger partial charge in [0.15, 0.2) is 0 Å². The van der Waals surface area contributed by atoms with Gasteiger partial charge in [-0.2, -0.15) is 0 Å². The number of thioether (sulfide) groups is 2. The molecule has 0 aliphatic heterocycles. The minimum atomic E-state index is -0.516. The lowest BCUT2D eigenvalue weighted by Crippen LogP contribution is -2.03. The van der Waals surface area contributed by atoms with Crippen molar-refractivity contribution in [2.75, 3.05) is 0 Å².